The first kappa shape index (κ1) is 9.68. The van der Waals surface area contributed by atoms with Gasteiger partial charge in [0, 0.05) is 38.6 Å². The van der Waals surface area contributed by atoms with Crippen LogP contribution < -0.4 is 5.32 Å². The molecule has 0 amide bonds. The molecule has 0 spiro atoms. The lowest BCUT2D eigenvalue weighted by atomic mass is 10.1. The summed E-state index contributed by atoms with van der Waals surface area (Å²) in [6, 6.07) is 0. The topological polar surface area (TPSA) is 32.3 Å². The fourth-order valence-electron chi connectivity index (χ4n) is 1.41. The Morgan fingerprint density at radius 2 is 2.08 bits per heavy atom. The summed E-state index contributed by atoms with van der Waals surface area (Å²) < 4.78 is 0. The van der Waals surface area contributed by atoms with Crippen molar-refractivity contribution >= 4 is 5.78 Å². The molecule has 0 saturated carbocycles. The van der Waals surface area contributed by atoms with Crippen LogP contribution in [0.4, 0.5) is 0 Å². The Labute approximate surface area is 74.1 Å². The second kappa shape index (κ2) is 4.58. The molecule has 0 aromatic heterocycles. The fourth-order valence-corrected chi connectivity index (χ4v) is 1.41. The fraction of sp³-hybridized carbons (Fsp3) is 0.889. The van der Waals surface area contributed by atoms with Gasteiger partial charge < -0.3 is 10.2 Å². The SMILES string of the molecule is CC(=O)[C@H](C)CN1CCNCC1. The molecule has 0 bridgehead atoms. The van der Waals surface area contributed by atoms with Crippen molar-refractivity contribution in [3.05, 3.63) is 0 Å². The Balaban J connectivity index is 2.24. The highest BCUT2D eigenvalue weighted by molar-refractivity contribution is 5.78. The Bertz CT molecular complexity index is 153. The smallest absolute Gasteiger partial charge is 0.133 e. The molecule has 70 valence electrons. The van der Waals surface area contributed by atoms with Crippen molar-refractivity contribution in [2.24, 2.45) is 5.92 Å². The standard InChI is InChI=1S/C9H18N2O/c1-8(9(2)12)7-11-5-3-10-4-6-11/h8,10H,3-7H2,1-2H3/t8-/m1/s1. The van der Waals surface area contributed by atoms with E-state index in [9.17, 15) is 4.79 Å². The number of hydrogen-bond acceptors (Lipinski definition) is 3. The molecule has 0 unspecified atom stereocenters. The van der Waals surface area contributed by atoms with Crippen molar-refractivity contribution in [1.29, 1.82) is 0 Å². The van der Waals surface area contributed by atoms with E-state index in [4.69, 9.17) is 0 Å². The van der Waals surface area contributed by atoms with Crippen LogP contribution in [0.25, 0.3) is 0 Å². The summed E-state index contributed by atoms with van der Waals surface area (Å²) in [5.41, 5.74) is 0. The van der Waals surface area contributed by atoms with Gasteiger partial charge in [0.1, 0.15) is 5.78 Å². The van der Waals surface area contributed by atoms with Crippen molar-refractivity contribution in [3.8, 4) is 0 Å². The van der Waals surface area contributed by atoms with Crippen LogP contribution in [0.1, 0.15) is 13.8 Å². The second-order valence-corrected chi connectivity index (χ2v) is 3.56. The maximum absolute atomic E-state index is 11.0. The summed E-state index contributed by atoms with van der Waals surface area (Å²) >= 11 is 0. The number of carbonyl (C=O) groups is 1. The third-order valence-electron chi connectivity index (χ3n) is 2.44. The summed E-state index contributed by atoms with van der Waals surface area (Å²) in [5.74, 6) is 0.497. The van der Waals surface area contributed by atoms with E-state index >= 15 is 0 Å². The van der Waals surface area contributed by atoms with Crippen molar-refractivity contribution < 1.29 is 4.79 Å². The van der Waals surface area contributed by atoms with Gasteiger partial charge in [-0.15, -0.1) is 0 Å². The van der Waals surface area contributed by atoms with E-state index in [0.717, 1.165) is 32.7 Å². The van der Waals surface area contributed by atoms with Crippen molar-refractivity contribution in [2.75, 3.05) is 32.7 Å². The van der Waals surface area contributed by atoms with Crippen molar-refractivity contribution in [1.82, 2.24) is 10.2 Å². The zero-order chi connectivity index (χ0) is 8.97. The van der Waals surface area contributed by atoms with Gasteiger partial charge in [0.25, 0.3) is 0 Å². The predicted octanol–water partition coefficient (Wildman–Crippen LogP) is 0.117. The third kappa shape index (κ3) is 2.91. The molecule has 1 aliphatic heterocycles. The van der Waals surface area contributed by atoms with E-state index in [0.29, 0.717) is 5.78 Å². The molecule has 1 N–H and O–H groups in total. The van der Waals surface area contributed by atoms with Gasteiger partial charge in [0.2, 0.25) is 0 Å². The number of piperazine rings is 1. The van der Waals surface area contributed by atoms with E-state index in [1.807, 2.05) is 6.92 Å². The second-order valence-electron chi connectivity index (χ2n) is 3.56. The molecule has 12 heavy (non-hydrogen) atoms. The van der Waals surface area contributed by atoms with Crippen LogP contribution in [-0.4, -0.2) is 43.4 Å². The molecule has 0 aromatic carbocycles. The quantitative estimate of drug-likeness (QED) is 0.653. The van der Waals surface area contributed by atoms with Crippen molar-refractivity contribution in [3.63, 3.8) is 0 Å². The minimum atomic E-state index is 0.197. The van der Waals surface area contributed by atoms with Gasteiger partial charge in [-0.05, 0) is 6.92 Å². The summed E-state index contributed by atoms with van der Waals surface area (Å²) in [6.07, 6.45) is 0. The molecule has 0 aromatic rings. The van der Waals surface area contributed by atoms with Crippen LogP contribution >= 0.6 is 0 Å². The van der Waals surface area contributed by atoms with E-state index in [-0.39, 0.29) is 5.92 Å². The molecule has 1 heterocycles. The normalized spacial score (nSPS) is 22.2. The van der Waals surface area contributed by atoms with Crippen LogP contribution in [-0.2, 0) is 4.79 Å². The summed E-state index contributed by atoms with van der Waals surface area (Å²) in [5, 5.41) is 3.29. The number of ketones is 1. The first-order valence-corrected chi connectivity index (χ1v) is 4.63. The minimum absolute atomic E-state index is 0.197. The zero-order valence-corrected chi connectivity index (χ0v) is 7.97. The molecule has 1 saturated heterocycles. The lowest BCUT2D eigenvalue weighted by Gasteiger charge is -2.28. The molecular formula is C9H18N2O. The summed E-state index contributed by atoms with van der Waals surface area (Å²) in [4.78, 5) is 13.3. The van der Waals surface area contributed by atoms with Crippen LogP contribution in [0.2, 0.25) is 0 Å². The Morgan fingerprint density at radius 3 is 2.58 bits per heavy atom. The number of Topliss-reactive ketones (excluding diaryl/α,β-unsaturated/α-hetero) is 1. The first-order valence-electron chi connectivity index (χ1n) is 4.63. The van der Waals surface area contributed by atoms with E-state index in [1.165, 1.54) is 0 Å². The number of nitrogens with zero attached hydrogens (tertiary/aromatic N) is 1. The van der Waals surface area contributed by atoms with Crippen LogP contribution in [0, 0.1) is 5.92 Å². The van der Waals surface area contributed by atoms with Gasteiger partial charge in [-0.3, -0.25) is 4.79 Å². The third-order valence-corrected chi connectivity index (χ3v) is 2.44. The highest BCUT2D eigenvalue weighted by Gasteiger charge is 2.15. The molecular weight excluding hydrogens is 152 g/mol. The van der Waals surface area contributed by atoms with Crippen LogP contribution in [0.15, 0.2) is 0 Å². The summed E-state index contributed by atoms with van der Waals surface area (Å²) in [7, 11) is 0. The number of rotatable bonds is 3. The van der Waals surface area contributed by atoms with Gasteiger partial charge >= 0.3 is 0 Å². The molecule has 3 nitrogen and oxygen atoms in total. The molecule has 1 fully saturated rings. The lowest BCUT2D eigenvalue weighted by molar-refractivity contribution is -0.120. The Hall–Kier alpha value is -0.410. The Kier molecular flexibility index (Phi) is 3.69. The first-order chi connectivity index (χ1) is 5.70. The van der Waals surface area contributed by atoms with Crippen LogP contribution in [0.3, 0.4) is 0 Å². The molecule has 0 radical (unpaired) electrons. The summed E-state index contributed by atoms with van der Waals surface area (Å²) in [6.45, 7) is 8.89. The van der Waals surface area contributed by atoms with E-state index in [1.54, 1.807) is 6.92 Å². The average Bonchev–Trinajstić information content (AvgIpc) is 2.06. The number of nitrogens with one attached hydrogen (secondary N) is 1. The van der Waals surface area contributed by atoms with Gasteiger partial charge in [-0.1, -0.05) is 6.92 Å². The minimum Gasteiger partial charge on any atom is -0.314 e. The lowest BCUT2D eigenvalue weighted by Crippen LogP contribution is -2.45. The van der Waals surface area contributed by atoms with Gasteiger partial charge in [-0.25, -0.2) is 0 Å². The number of carbonyl (C=O) groups excluding carboxylic acids is 1. The molecule has 0 aliphatic carbocycles. The highest BCUT2D eigenvalue weighted by Crippen LogP contribution is 2.01. The van der Waals surface area contributed by atoms with Gasteiger partial charge in [0.15, 0.2) is 0 Å². The highest BCUT2D eigenvalue weighted by atomic mass is 16.1. The molecule has 1 aliphatic rings. The van der Waals surface area contributed by atoms with Crippen molar-refractivity contribution in [2.45, 2.75) is 13.8 Å². The van der Waals surface area contributed by atoms with E-state index < -0.39 is 0 Å². The van der Waals surface area contributed by atoms with E-state index in [2.05, 4.69) is 10.2 Å². The maximum atomic E-state index is 11.0. The number of hydrogen-bond donors (Lipinski definition) is 1. The largest absolute Gasteiger partial charge is 0.314 e. The van der Waals surface area contributed by atoms with Crippen LogP contribution in [0.5, 0.6) is 0 Å². The maximum Gasteiger partial charge on any atom is 0.133 e. The predicted molar refractivity (Wildman–Crippen MR) is 49.2 cm³/mol. The molecule has 1 atom stereocenters. The monoisotopic (exact) mass is 170 g/mol. The molecule has 3 heteroatoms. The Morgan fingerprint density at radius 1 is 1.50 bits per heavy atom. The average molecular weight is 170 g/mol. The van der Waals surface area contributed by atoms with Gasteiger partial charge in [0.05, 0.1) is 0 Å². The zero-order valence-electron chi connectivity index (χ0n) is 7.97. The molecule has 1 rings (SSSR count). The van der Waals surface area contributed by atoms with Gasteiger partial charge in [-0.2, -0.15) is 0 Å².